The SMILES string of the molecule is C/C=C(\C=O)CCC=C(C)C. The van der Waals surface area contributed by atoms with E-state index in [1.807, 2.05) is 13.0 Å². The minimum absolute atomic E-state index is 0.866. The third-order valence-electron chi connectivity index (χ3n) is 1.51. The molecule has 0 bridgehead atoms. The van der Waals surface area contributed by atoms with Crippen molar-refractivity contribution in [2.24, 2.45) is 0 Å². The van der Waals surface area contributed by atoms with Gasteiger partial charge in [-0.3, -0.25) is 4.79 Å². The first kappa shape index (κ1) is 10.2. The summed E-state index contributed by atoms with van der Waals surface area (Å²) in [5, 5.41) is 0. The summed E-state index contributed by atoms with van der Waals surface area (Å²) in [5.41, 5.74) is 2.20. The zero-order valence-corrected chi connectivity index (χ0v) is 7.55. The Morgan fingerprint density at radius 2 is 2.00 bits per heavy atom. The number of rotatable bonds is 4. The number of carbonyl (C=O) groups excluding carboxylic acids is 1. The lowest BCUT2D eigenvalue weighted by Crippen LogP contribution is -1.82. The van der Waals surface area contributed by atoms with Gasteiger partial charge in [0.15, 0.2) is 0 Å². The molecular formula is C10H16O. The summed E-state index contributed by atoms with van der Waals surface area (Å²) in [6, 6.07) is 0. The lowest BCUT2D eigenvalue weighted by Gasteiger charge is -1.94. The molecule has 0 spiro atoms. The van der Waals surface area contributed by atoms with E-state index in [4.69, 9.17) is 0 Å². The van der Waals surface area contributed by atoms with Crippen molar-refractivity contribution in [2.45, 2.75) is 33.6 Å². The highest BCUT2D eigenvalue weighted by molar-refractivity contribution is 5.72. The zero-order valence-electron chi connectivity index (χ0n) is 7.55. The van der Waals surface area contributed by atoms with Gasteiger partial charge in [0, 0.05) is 0 Å². The fraction of sp³-hybridized carbons (Fsp3) is 0.500. The molecule has 0 aliphatic heterocycles. The van der Waals surface area contributed by atoms with E-state index in [1.54, 1.807) is 0 Å². The molecule has 1 heteroatoms. The molecular weight excluding hydrogens is 136 g/mol. The van der Waals surface area contributed by atoms with Crippen molar-refractivity contribution in [1.82, 2.24) is 0 Å². The van der Waals surface area contributed by atoms with Crippen LogP contribution in [0.5, 0.6) is 0 Å². The van der Waals surface area contributed by atoms with Gasteiger partial charge in [-0.15, -0.1) is 0 Å². The van der Waals surface area contributed by atoms with Gasteiger partial charge in [0.05, 0.1) is 0 Å². The molecule has 0 heterocycles. The second kappa shape index (κ2) is 5.90. The molecule has 0 aromatic carbocycles. The first-order chi connectivity index (χ1) is 5.20. The Bertz CT molecular complexity index is 171. The average molecular weight is 152 g/mol. The molecule has 0 fully saturated rings. The van der Waals surface area contributed by atoms with Gasteiger partial charge in [-0.05, 0) is 39.2 Å². The summed E-state index contributed by atoms with van der Waals surface area (Å²) < 4.78 is 0. The van der Waals surface area contributed by atoms with Crippen LogP contribution in [0.3, 0.4) is 0 Å². The van der Waals surface area contributed by atoms with Crippen LogP contribution in [-0.4, -0.2) is 6.29 Å². The molecule has 0 saturated heterocycles. The lowest BCUT2D eigenvalue weighted by atomic mass is 10.1. The maximum absolute atomic E-state index is 10.3. The summed E-state index contributed by atoms with van der Waals surface area (Å²) in [4.78, 5) is 10.3. The Morgan fingerprint density at radius 1 is 1.36 bits per heavy atom. The highest BCUT2D eigenvalue weighted by atomic mass is 16.1. The van der Waals surface area contributed by atoms with Gasteiger partial charge < -0.3 is 0 Å². The quantitative estimate of drug-likeness (QED) is 0.344. The molecule has 62 valence electrons. The molecule has 0 aliphatic carbocycles. The second-order valence-corrected chi connectivity index (χ2v) is 2.80. The van der Waals surface area contributed by atoms with Crippen molar-refractivity contribution in [3.8, 4) is 0 Å². The van der Waals surface area contributed by atoms with Crippen LogP contribution in [0, 0.1) is 0 Å². The van der Waals surface area contributed by atoms with Crippen molar-refractivity contribution in [3.63, 3.8) is 0 Å². The van der Waals surface area contributed by atoms with E-state index in [-0.39, 0.29) is 0 Å². The fourth-order valence-electron chi connectivity index (χ4n) is 0.799. The van der Waals surface area contributed by atoms with Gasteiger partial charge in [-0.2, -0.15) is 0 Å². The minimum Gasteiger partial charge on any atom is -0.298 e. The van der Waals surface area contributed by atoms with Crippen molar-refractivity contribution >= 4 is 6.29 Å². The molecule has 0 unspecified atom stereocenters. The van der Waals surface area contributed by atoms with Crippen molar-refractivity contribution in [1.29, 1.82) is 0 Å². The first-order valence-electron chi connectivity index (χ1n) is 3.94. The summed E-state index contributed by atoms with van der Waals surface area (Å²) in [5.74, 6) is 0. The number of aldehydes is 1. The predicted octanol–water partition coefficient (Wildman–Crippen LogP) is 2.88. The van der Waals surface area contributed by atoms with Crippen LogP contribution in [0.2, 0.25) is 0 Å². The molecule has 0 atom stereocenters. The van der Waals surface area contributed by atoms with E-state index in [9.17, 15) is 4.79 Å². The molecule has 0 N–H and O–H groups in total. The predicted molar refractivity (Wildman–Crippen MR) is 48.5 cm³/mol. The summed E-state index contributed by atoms with van der Waals surface area (Å²) in [6.45, 7) is 6.03. The van der Waals surface area contributed by atoms with E-state index in [0.29, 0.717) is 0 Å². The van der Waals surface area contributed by atoms with Gasteiger partial charge in [-0.1, -0.05) is 17.7 Å². The molecule has 0 aliphatic rings. The van der Waals surface area contributed by atoms with E-state index in [1.165, 1.54) is 5.57 Å². The van der Waals surface area contributed by atoms with E-state index < -0.39 is 0 Å². The first-order valence-corrected chi connectivity index (χ1v) is 3.94. The molecule has 0 aromatic heterocycles. The number of hydrogen-bond donors (Lipinski definition) is 0. The smallest absolute Gasteiger partial charge is 0.145 e. The average Bonchev–Trinajstić information content (AvgIpc) is 1.98. The van der Waals surface area contributed by atoms with Crippen LogP contribution >= 0.6 is 0 Å². The molecule has 0 rings (SSSR count). The maximum Gasteiger partial charge on any atom is 0.145 e. The molecule has 0 aromatic rings. The Balaban J connectivity index is 3.70. The second-order valence-electron chi connectivity index (χ2n) is 2.80. The number of carbonyl (C=O) groups is 1. The molecule has 0 amide bonds. The van der Waals surface area contributed by atoms with Gasteiger partial charge in [-0.25, -0.2) is 0 Å². The van der Waals surface area contributed by atoms with E-state index >= 15 is 0 Å². The third kappa shape index (κ3) is 5.59. The van der Waals surface area contributed by atoms with Gasteiger partial charge in [0.25, 0.3) is 0 Å². The lowest BCUT2D eigenvalue weighted by molar-refractivity contribution is -0.105. The van der Waals surface area contributed by atoms with Crippen molar-refractivity contribution in [3.05, 3.63) is 23.3 Å². The van der Waals surface area contributed by atoms with Crippen LogP contribution in [-0.2, 0) is 4.79 Å². The number of hydrogen-bond acceptors (Lipinski definition) is 1. The number of allylic oxidation sites excluding steroid dienone is 4. The van der Waals surface area contributed by atoms with Gasteiger partial charge in [0.2, 0.25) is 0 Å². The van der Waals surface area contributed by atoms with Crippen molar-refractivity contribution < 1.29 is 4.79 Å². The molecule has 0 saturated carbocycles. The highest BCUT2D eigenvalue weighted by Gasteiger charge is 1.90. The third-order valence-corrected chi connectivity index (χ3v) is 1.51. The standard InChI is InChI=1S/C10H16O/c1-4-10(8-11)7-5-6-9(2)3/h4,6,8H,5,7H2,1-3H3/b10-4-. The Kier molecular flexibility index (Phi) is 5.44. The summed E-state index contributed by atoms with van der Waals surface area (Å²) in [6.07, 6.45) is 6.78. The summed E-state index contributed by atoms with van der Waals surface area (Å²) >= 11 is 0. The Hall–Kier alpha value is -0.850. The zero-order chi connectivity index (χ0) is 8.69. The van der Waals surface area contributed by atoms with Gasteiger partial charge >= 0.3 is 0 Å². The fourth-order valence-corrected chi connectivity index (χ4v) is 0.799. The summed E-state index contributed by atoms with van der Waals surface area (Å²) in [7, 11) is 0. The molecule has 1 nitrogen and oxygen atoms in total. The van der Waals surface area contributed by atoms with Gasteiger partial charge in [0.1, 0.15) is 6.29 Å². The van der Waals surface area contributed by atoms with E-state index in [2.05, 4.69) is 19.9 Å². The molecule has 11 heavy (non-hydrogen) atoms. The maximum atomic E-state index is 10.3. The van der Waals surface area contributed by atoms with Crippen molar-refractivity contribution in [2.75, 3.05) is 0 Å². The van der Waals surface area contributed by atoms with Crippen LogP contribution in [0.4, 0.5) is 0 Å². The highest BCUT2D eigenvalue weighted by Crippen LogP contribution is 2.04. The Morgan fingerprint density at radius 3 is 2.36 bits per heavy atom. The van der Waals surface area contributed by atoms with Crippen LogP contribution in [0.1, 0.15) is 33.6 Å². The monoisotopic (exact) mass is 152 g/mol. The topological polar surface area (TPSA) is 17.1 Å². The normalized spacial score (nSPS) is 11.0. The van der Waals surface area contributed by atoms with E-state index in [0.717, 1.165) is 24.7 Å². The largest absolute Gasteiger partial charge is 0.298 e. The molecule has 0 radical (unpaired) electrons. The van der Waals surface area contributed by atoms with Crippen LogP contribution < -0.4 is 0 Å². The van der Waals surface area contributed by atoms with Crippen LogP contribution in [0.25, 0.3) is 0 Å². The van der Waals surface area contributed by atoms with Crippen LogP contribution in [0.15, 0.2) is 23.3 Å². The minimum atomic E-state index is 0.866. The Labute approximate surface area is 68.8 Å².